The Morgan fingerprint density at radius 3 is 2.27 bits per heavy atom. The molecule has 1 saturated heterocycles. The minimum absolute atomic E-state index is 0.0566. The summed E-state index contributed by atoms with van der Waals surface area (Å²) in [5, 5.41) is 2.97. The van der Waals surface area contributed by atoms with Crippen molar-refractivity contribution in [2.45, 2.75) is 78.3 Å². The monoisotopic (exact) mass is 404 g/mol. The van der Waals surface area contributed by atoms with Gasteiger partial charge in [0.1, 0.15) is 5.54 Å². The predicted molar refractivity (Wildman–Crippen MR) is 120 cm³/mol. The van der Waals surface area contributed by atoms with E-state index in [9.17, 15) is 9.59 Å². The zero-order valence-corrected chi connectivity index (χ0v) is 19.0. The van der Waals surface area contributed by atoms with Crippen LogP contribution in [0.15, 0.2) is 30.3 Å². The molecule has 1 unspecified atom stereocenters. The van der Waals surface area contributed by atoms with Gasteiger partial charge in [-0.15, -0.1) is 0 Å². The van der Waals surface area contributed by atoms with Crippen molar-refractivity contribution in [2.24, 2.45) is 0 Å². The van der Waals surface area contributed by atoms with Crippen LogP contribution in [-0.2, 0) is 35.1 Å². The minimum atomic E-state index is -1.01. The molecule has 0 aromatic heterocycles. The smallest absolute Gasteiger partial charge is 0.319 e. The number of hydrogen-bond acceptors (Lipinski definition) is 2. The van der Waals surface area contributed by atoms with E-state index in [1.807, 2.05) is 13.0 Å². The van der Waals surface area contributed by atoms with Gasteiger partial charge in [0.15, 0.2) is 0 Å². The molecule has 1 atom stereocenters. The quantitative estimate of drug-likeness (QED) is 0.727. The number of hydrogen-bond donors (Lipinski definition) is 1. The maximum absolute atomic E-state index is 13.4. The van der Waals surface area contributed by atoms with E-state index >= 15 is 0 Å². The molecule has 4 heteroatoms. The van der Waals surface area contributed by atoms with Crippen LogP contribution >= 0.6 is 0 Å². The van der Waals surface area contributed by atoms with Crippen LogP contribution in [-0.4, -0.2) is 16.8 Å². The lowest BCUT2D eigenvalue weighted by Crippen LogP contribution is -2.41. The molecule has 0 radical (unpaired) electrons. The van der Waals surface area contributed by atoms with Crippen LogP contribution < -0.4 is 5.32 Å². The van der Waals surface area contributed by atoms with E-state index < -0.39 is 5.54 Å². The van der Waals surface area contributed by atoms with E-state index in [0.717, 1.165) is 41.5 Å². The molecule has 0 spiro atoms. The second-order valence-corrected chi connectivity index (χ2v) is 10.1. The molecule has 0 bridgehead atoms. The first-order valence-corrected chi connectivity index (χ1v) is 10.9. The zero-order valence-electron chi connectivity index (χ0n) is 19.0. The maximum Gasteiger partial charge on any atom is 0.325 e. The third-order valence-electron chi connectivity index (χ3n) is 6.83. The summed E-state index contributed by atoms with van der Waals surface area (Å²) in [6.45, 7) is 12.8. The van der Waals surface area contributed by atoms with E-state index in [4.69, 9.17) is 0 Å². The number of benzene rings is 2. The lowest BCUT2D eigenvalue weighted by Gasteiger charge is -2.25. The Bertz CT molecular complexity index is 1020. The molecule has 30 heavy (non-hydrogen) atoms. The lowest BCUT2D eigenvalue weighted by molar-refractivity contribution is -0.131. The van der Waals surface area contributed by atoms with Crippen molar-refractivity contribution in [2.75, 3.05) is 0 Å². The summed E-state index contributed by atoms with van der Waals surface area (Å²) in [5.74, 6) is -0.177. The van der Waals surface area contributed by atoms with Crippen LogP contribution in [0, 0.1) is 13.8 Å². The van der Waals surface area contributed by atoms with Crippen LogP contribution in [0.25, 0.3) is 0 Å². The third kappa shape index (κ3) is 3.32. The highest BCUT2D eigenvalue weighted by Crippen LogP contribution is 2.34. The molecule has 1 N–H and O–H groups in total. The summed E-state index contributed by atoms with van der Waals surface area (Å²) in [6.07, 6.45) is 3.30. The highest BCUT2D eigenvalue weighted by Gasteiger charge is 2.49. The van der Waals surface area contributed by atoms with Gasteiger partial charge in [-0.05, 0) is 84.4 Å². The number of imide groups is 1. The summed E-state index contributed by atoms with van der Waals surface area (Å²) in [7, 11) is 0. The summed E-state index contributed by atoms with van der Waals surface area (Å²) in [4.78, 5) is 27.7. The van der Waals surface area contributed by atoms with Gasteiger partial charge in [-0.2, -0.15) is 0 Å². The summed E-state index contributed by atoms with van der Waals surface area (Å²) < 4.78 is 0. The highest BCUT2D eigenvalue weighted by atomic mass is 16.2. The molecule has 2 aromatic carbocycles. The van der Waals surface area contributed by atoms with Gasteiger partial charge in [-0.25, -0.2) is 4.79 Å². The van der Waals surface area contributed by atoms with Crippen LogP contribution in [0.5, 0.6) is 0 Å². The van der Waals surface area contributed by atoms with E-state index in [0.29, 0.717) is 6.54 Å². The first kappa shape index (κ1) is 20.6. The number of carbonyl (C=O) groups excluding carboxylic acids is 2. The van der Waals surface area contributed by atoms with E-state index in [-0.39, 0.29) is 17.4 Å². The Morgan fingerprint density at radius 2 is 1.63 bits per heavy atom. The summed E-state index contributed by atoms with van der Waals surface area (Å²) in [6, 6.07) is 10.3. The van der Waals surface area contributed by atoms with Gasteiger partial charge in [-0.1, -0.05) is 51.1 Å². The van der Waals surface area contributed by atoms with E-state index in [1.54, 1.807) is 0 Å². The zero-order chi connectivity index (χ0) is 21.8. The predicted octanol–water partition coefficient (Wildman–Crippen LogP) is 5.06. The largest absolute Gasteiger partial charge is 0.325 e. The molecule has 1 aliphatic heterocycles. The molecule has 2 aromatic rings. The minimum Gasteiger partial charge on any atom is -0.319 e. The van der Waals surface area contributed by atoms with Gasteiger partial charge in [0.2, 0.25) is 0 Å². The maximum atomic E-state index is 13.4. The standard InChI is InChI=1S/C26H32N2O2/c1-16-12-21(25(3,4)5)13-17(2)22(16)15-28-23(29)26(6,27-24(28)30)20-11-10-18-8-7-9-19(18)14-20/h10-14H,7-9,15H2,1-6H3,(H,27,30). The Kier molecular flexibility index (Phi) is 4.80. The number of carbonyl (C=O) groups is 2. The Labute approximate surface area is 179 Å². The topological polar surface area (TPSA) is 49.4 Å². The van der Waals surface area contributed by atoms with Crippen molar-refractivity contribution in [3.05, 3.63) is 69.3 Å². The van der Waals surface area contributed by atoms with Crippen LogP contribution in [0.3, 0.4) is 0 Å². The molecule has 1 aliphatic carbocycles. The number of nitrogens with one attached hydrogen (secondary N) is 1. The molecular formula is C26H32N2O2. The van der Waals surface area contributed by atoms with Gasteiger partial charge in [-0.3, -0.25) is 9.69 Å². The van der Waals surface area contributed by atoms with Crippen molar-refractivity contribution >= 4 is 11.9 Å². The van der Waals surface area contributed by atoms with Crippen molar-refractivity contribution in [1.29, 1.82) is 0 Å². The normalized spacial score (nSPS) is 21.2. The number of aryl methyl sites for hydroxylation is 4. The summed E-state index contributed by atoms with van der Waals surface area (Å²) in [5.41, 5.74) is 7.13. The molecular weight excluding hydrogens is 372 g/mol. The first-order chi connectivity index (χ1) is 14.0. The van der Waals surface area contributed by atoms with Gasteiger partial charge in [0.05, 0.1) is 6.54 Å². The average Bonchev–Trinajstić information content (AvgIpc) is 3.21. The third-order valence-corrected chi connectivity index (χ3v) is 6.83. The summed E-state index contributed by atoms with van der Waals surface area (Å²) >= 11 is 0. The van der Waals surface area contributed by atoms with Gasteiger partial charge >= 0.3 is 6.03 Å². The van der Waals surface area contributed by atoms with Crippen molar-refractivity contribution in [3.63, 3.8) is 0 Å². The SMILES string of the molecule is Cc1cc(C(C)(C)C)cc(C)c1CN1C(=O)NC(C)(c2ccc3c(c2)CCC3)C1=O. The Morgan fingerprint density at radius 1 is 1.00 bits per heavy atom. The molecule has 4 rings (SSSR count). The lowest BCUT2D eigenvalue weighted by atomic mass is 9.83. The number of fused-ring (bicyclic) bond motifs is 1. The van der Waals surface area contributed by atoms with Gasteiger partial charge in [0, 0.05) is 0 Å². The Hall–Kier alpha value is -2.62. The van der Waals surface area contributed by atoms with E-state index in [2.05, 4.69) is 64.2 Å². The molecule has 158 valence electrons. The van der Waals surface area contributed by atoms with E-state index in [1.165, 1.54) is 21.6 Å². The highest BCUT2D eigenvalue weighted by molar-refractivity contribution is 6.07. The molecule has 2 aliphatic rings. The average molecular weight is 405 g/mol. The fourth-order valence-electron chi connectivity index (χ4n) is 4.75. The van der Waals surface area contributed by atoms with Crippen LogP contribution in [0.2, 0.25) is 0 Å². The number of urea groups is 1. The fourth-order valence-corrected chi connectivity index (χ4v) is 4.75. The first-order valence-electron chi connectivity index (χ1n) is 10.9. The van der Waals surface area contributed by atoms with Crippen molar-refractivity contribution in [1.82, 2.24) is 10.2 Å². The van der Waals surface area contributed by atoms with Crippen molar-refractivity contribution < 1.29 is 9.59 Å². The van der Waals surface area contributed by atoms with Gasteiger partial charge < -0.3 is 5.32 Å². The molecule has 0 saturated carbocycles. The molecule has 1 fully saturated rings. The second kappa shape index (κ2) is 6.97. The number of rotatable bonds is 3. The van der Waals surface area contributed by atoms with Crippen LogP contribution in [0.1, 0.15) is 73.1 Å². The second-order valence-electron chi connectivity index (χ2n) is 10.1. The molecule has 1 heterocycles. The van der Waals surface area contributed by atoms with Crippen molar-refractivity contribution in [3.8, 4) is 0 Å². The van der Waals surface area contributed by atoms with Crippen LogP contribution in [0.4, 0.5) is 4.79 Å². The Balaban J connectivity index is 1.64. The van der Waals surface area contributed by atoms with Gasteiger partial charge in [0.25, 0.3) is 5.91 Å². The molecule has 3 amide bonds. The fraction of sp³-hybridized carbons (Fsp3) is 0.462. The number of nitrogens with zero attached hydrogens (tertiary/aromatic N) is 1. The molecule has 4 nitrogen and oxygen atoms in total. The number of amides is 3.